The minimum absolute atomic E-state index is 0.0668. The molecule has 1 fully saturated rings. The van der Waals surface area contributed by atoms with E-state index in [2.05, 4.69) is 34.9 Å². The molecule has 0 saturated heterocycles. The van der Waals surface area contributed by atoms with Crippen molar-refractivity contribution < 1.29 is 24.2 Å². The molecule has 2 aliphatic rings. The average Bonchev–Trinajstić information content (AvgIpc) is 3.12. The first-order valence-corrected chi connectivity index (χ1v) is 12.0. The second-order valence-corrected chi connectivity index (χ2v) is 9.53. The molecule has 7 nitrogen and oxygen atoms in total. The maximum atomic E-state index is 13.1. The van der Waals surface area contributed by atoms with Crippen molar-refractivity contribution in [2.75, 3.05) is 6.61 Å². The van der Waals surface area contributed by atoms with Crippen molar-refractivity contribution in [2.24, 2.45) is 5.92 Å². The van der Waals surface area contributed by atoms with E-state index in [0.29, 0.717) is 19.3 Å². The summed E-state index contributed by atoms with van der Waals surface area (Å²) in [5.41, 5.74) is 3.81. The number of carboxylic acids is 1. The van der Waals surface area contributed by atoms with Gasteiger partial charge in [-0.05, 0) is 47.4 Å². The van der Waals surface area contributed by atoms with Gasteiger partial charge in [-0.3, -0.25) is 9.59 Å². The van der Waals surface area contributed by atoms with Crippen molar-refractivity contribution in [1.82, 2.24) is 10.6 Å². The lowest BCUT2D eigenvalue weighted by molar-refractivity contribution is -0.140. The number of rotatable bonds is 9. The van der Waals surface area contributed by atoms with Gasteiger partial charge in [0.2, 0.25) is 5.91 Å². The number of alkyl carbamates (subject to hydrolysis) is 1. The Morgan fingerprint density at radius 2 is 1.65 bits per heavy atom. The molecule has 0 spiro atoms. The smallest absolute Gasteiger partial charge is 0.407 e. The highest BCUT2D eigenvalue weighted by atomic mass is 16.5. The van der Waals surface area contributed by atoms with E-state index >= 15 is 0 Å². The minimum atomic E-state index is -0.940. The number of hydrogen-bond acceptors (Lipinski definition) is 4. The minimum Gasteiger partial charge on any atom is -0.481 e. The largest absolute Gasteiger partial charge is 0.481 e. The second kappa shape index (κ2) is 9.87. The van der Waals surface area contributed by atoms with E-state index in [1.807, 2.05) is 38.1 Å². The number of fused-ring (bicyclic) bond motifs is 3. The highest BCUT2D eigenvalue weighted by Crippen LogP contribution is 2.44. The van der Waals surface area contributed by atoms with Gasteiger partial charge >= 0.3 is 12.1 Å². The van der Waals surface area contributed by atoms with E-state index in [9.17, 15) is 19.5 Å². The summed E-state index contributed by atoms with van der Waals surface area (Å²) in [5.74, 6) is -1.50. The normalized spacial score (nSPS) is 17.5. The highest BCUT2D eigenvalue weighted by Gasteiger charge is 2.42. The van der Waals surface area contributed by atoms with Gasteiger partial charge in [0.1, 0.15) is 12.6 Å². The van der Waals surface area contributed by atoms with E-state index in [1.165, 1.54) is 0 Å². The molecule has 2 unspecified atom stereocenters. The number of benzene rings is 2. The summed E-state index contributed by atoms with van der Waals surface area (Å²) in [5, 5.41) is 14.9. The van der Waals surface area contributed by atoms with Crippen LogP contribution in [0.5, 0.6) is 0 Å². The number of amides is 2. The van der Waals surface area contributed by atoms with Crippen molar-refractivity contribution in [3.63, 3.8) is 0 Å². The van der Waals surface area contributed by atoms with Crippen LogP contribution in [-0.4, -0.2) is 41.3 Å². The Morgan fingerprint density at radius 3 is 2.15 bits per heavy atom. The van der Waals surface area contributed by atoms with Crippen LogP contribution in [0.15, 0.2) is 48.5 Å². The third kappa shape index (κ3) is 4.79. The topological polar surface area (TPSA) is 105 Å². The van der Waals surface area contributed by atoms with Gasteiger partial charge in [0.05, 0.1) is 12.0 Å². The first-order chi connectivity index (χ1) is 16.3. The molecular formula is C27H32N2O5. The first-order valence-electron chi connectivity index (χ1n) is 12.0. The van der Waals surface area contributed by atoms with Crippen LogP contribution in [0.4, 0.5) is 4.79 Å². The van der Waals surface area contributed by atoms with Crippen molar-refractivity contribution in [3.8, 4) is 11.1 Å². The molecule has 0 aromatic heterocycles. The number of carboxylic acid groups (broad SMARTS) is 1. The Balaban J connectivity index is 1.42. The molecular weight excluding hydrogens is 432 g/mol. The lowest BCUT2D eigenvalue weighted by atomic mass is 9.74. The standard InChI is InChI=1S/C27H32N2O5/c1-3-17(2)24(25(32)29-27(13-8-14-27)15-23(30)31)28-26(33)34-16-22-20-11-6-4-9-18(20)19-10-5-7-12-21(19)22/h4-7,9-12,17,22,24H,3,8,13-16H2,1-2H3,(H,28,33)(H,29,32)(H,30,31). The first kappa shape index (κ1) is 23.8. The Labute approximate surface area is 199 Å². The fourth-order valence-corrected chi connectivity index (χ4v) is 5.05. The van der Waals surface area contributed by atoms with E-state index in [0.717, 1.165) is 28.7 Å². The van der Waals surface area contributed by atoms with E-state index in [-0.39, 0.29) is 30.8 Å². The molecule has 34 heavy (non-hydrogen) atoms. The van der Waals surface area contributed by atoms with Crippen LogP contribution < -0.4 is 10.6 Å². The quantitative estimate of drug-likeness (QED) is 0.508. The van der Waals surface area contributed by atoms with Crippen molar-refractivity contribution in [3.05, 3.63) is 59.7 Å². The summed E-state index contributed by atoms with van der Waals surface area (Å²) >= 11 is 0. The Kier molecular flexibility index (Phi) is 6.91. The number of carbonyl (C=O) groups excluding carboxylic acids is 2. The fraction of sp³-hybridized carbons (Fsp3) is 0.444. The van der Waals surface area contributed by atoms with Gasteiger partial charge < -0.3 is 20.5 Å². The Bertz CT molecular complexity index is 1030. The SMILES string of the molecule is CCC(C)C(NC(=O)OCC1c2ccccc2-c2ccccc21)C(=O)NC1(CC(=O)O)CCC1. The molecule has 2 aromatic rings. The van der Waals surface area contributed by atoms with Crippen molar-refractivity contribution in [2.45, 2.75) is 63.5 Å². The van der Waals surface area contributed by atoms with E-state index in [1.54, 1.807) is 0 Å². The summed E-state index contributed by atoms with van der Waals surface area (Å²) in [6, 6.07) is 15.4. The second-order valence-electron chi connectivity index (χ2n) is 9.53. The number of carbonyl (C=O) groups is 3. The van der Waals surface area contributed by atoms with Crippen molar-refractivity contribution >= 4 is 18.0 Å². The predicted molar refractivity (Wildman–Crippen MR) is 128 cm³/mol. The molecule has 2 aromatic carbocycles. The molecule has 4 rings (SSSR count). The van der Waals surface area contributed by atoms with E-state index < -0.39 is 23.6 Å². The average molecular weight is 465 g/mol. The highest BCUT2D eigenvalue weighted by molar-refractivity contribution is 5.87. The van der Waals surface area contributed by atoms with Crippen molar-refractivity contribution in [1.29, 1.82) is 0 Å². The summed E-state index contributed by atoms with van der Waals surface area (Å²) in [6.45, 7) is 4.00. The van der Waals surface area contributed by atoms with Crippen LogP contribution in [0.3, 0.4) is 0 Å². The number of hydrogen-bond donors (Lipinski definition) is 3. The van der Waals surface area contributed by atoms with Gasteiger partial charge in [0.25, 0.3) is 0 Å². The molecule has 0 radical (unpaired) electrons. The van der Waals surface area contributed by atoms with Gasteiger partial charge in [-0.25, -0.2) is 4.79 Å². The lowest BCUT2D eigenvalue weighted by Gasteiger charge is -2.42. The summed E-state index contributed by atoms with van der Waals surface area (Å²) in [6.07, 6.45) is 2.04. The monoisotopic (exact) mass is 464 g/mol. The lowest BCUT2D eigenvalue weighted by Crippen LogP contribution is -2.60. The van der Waals surface area contributed by atoms with Gasteiger partial charge in [-0.1, -0.05) is 68.8 Å². The maximum absolute atomic E-state index is 13.1. The molecule has 0 aliphatic heterocycles. The van der Waals surface area contributed by atoms with Crippen LogP contribution >= 0.6 is 0 Å². The third-order valence-electron chi connectivity index (χ3n) is 7.30. The zero-order valence-electron chi connectivity index (χ0n) is 19.7. The van der Waals surface area contributed by atoms with Gasteiger partial charge in [-0.2, -0.15) is 0 Å². The molecule has 2 atom stereocenters. The molecule has 0 bridgehead atoms. The van der Waals surface area contributed by atoms with Crippen LogP contribution in [0.25, 0.3) is 11.1 Å². The zero-order valence-corrected chi connectivity index (χ0v) is 19.7. The van der Waals surface area contributed by atoms with Crippen LogP contribution in [-0.2, 0) is 14.3 Å². The molecule has 1 saturated carbocycles. The Hall–Kier alpha value is -3.35. The summed E-state index contributed by atoms with van der Waals surface area (Å²) in [4.78, 5) is 37.1. The van der Waals surface area contributed by atoms with Crippen LogP contribution in [0, 0.1) is 5.92 Å². The maximum Gasteiger partial charge on any atom is 0.407 e. The molecule has 180 valence electrons. The van der Waals surface area contributed by atoms with Gasteiger partial charge in [-0.15, -0.1) is 0 Å². The Morgan fingerprint density at radius 1 is 1.06 bits per heavy atom. The summed E-state index contributed by atoms with van der Waals surface area (Å²) in [7, 11) is 0. The summed E-state index contributed by atoms with van der Waals surface area (Å²) < 4.78 is 5.63. The zero-order chi connectivity index (χ0) is 24.3. The fourth-order valence-electron chi connectivity index (χ4n) is 5.05. The van der Waals surface area contributed by atoms with E-state index in [4.69, 9.17) is 4.74 Å². The van der Waals surface area contributed by atoms with Crippen LogP contribution in [0.1, 0.15) is 63.0 Å². The molecule has 0 heterocycles. The molecule has 2 amide bonds. The third-order valence-corrected chi connectivity index (χ3v) is 7.30. The van der Waals surface area contributed by atoms with Gasteiger partial charge in [0, 0.05) is 5.92 Å². The molecule has 2 aliphatic carbocycles. The molecule has 7 heteroatoms. The number of nitrogens with one attached hydrogen (secondary N) is 2. The predicted octanol–water partition coefficient (Wildman–Crippen LogP) is 4.45. The van der Waals surface area contributed by atoms with Crippen LogP contribution in [0.2, 0.25) is 0 Å². The molecule has 3 N–H and O–H groups in total. The number of aliphatic carboxylic acids is 1. The number of ether oxygens (including phenoxy) is 1. The van der Waals surface area contributed by atoms with Gasteiger partial charge in [0.15, 0.2) is 0 Å².